The van der Waals surface area contributed by atoms with Crippen LogP contribution in [-0.2, 0) is 22.5 Å². The number of hydrogen-bond donors (Lipinski definition) is 2. The molecule has 18 heavy (non-hydrogen) atoms. The van der Waals surface area contributed by atoms with Gasteiger partial charge in [0.15, 0.2) is 0 Å². The van der Waals surface area contributed by atoms with Crippen LogP contribution in [0.5, 0.6) is 0 Å². The summed E-state index contributed by atoms with van der Waals surface area (Å²) in [5, 5.41) is 1.90. The largest absolute Gasteiger partial charge is 0.379 e. The second-order valence-electron chi connectivity index (χ2n) is 4.28. The SMILES string of the molecule is NCc1ccccc1CC(=O)NN1CCOCC1. The average Bonchev–Trinajstić information content (AvgIpc) is 2.40. The van der Waals surface area contributed by atoms with Gasteiger partial charge in [0.2, 0.25) is 5.91 Å². The van der Waals surface area contributed by atoms with Gasteiger partial charge in [0, 0.05) is 19.6 Å². The predicted molar refractivity (Wildman–Crippen MR) is 68.6 cm³/mol. The number of nitrogens with one attached hydrogen (secondary N) is 1. The van der Waals surface area contributed by atoms with Gasteiger partial charge in [-0.2, -0.15) is 0 Å². The first kappa shape index (κ1) is 13.0. The van der Waals surface area contributed by atoms with E-state index in [1.807, 2.05) is 29.3 Å². The zero-order chi connectivity index (χ0) is 12.8. The highest BCUT2D eigenvalue weighted by Gasteiger charge is 2.13. The Kier molecular flexibility index (Phi) is 4.69. The summed E-state index contributed by atoms with van der Waals surface area (Å²) in [7, 11) is 0. The van der Waals surface area contributed by atoms with Crippen molar-refractivity contribution in [3.05, 3.63) is 35.4 Å². The van der Waals surface area contributed by atoms with Crippen molar-refractivity contribution in [1.82, 2.24) is 10.4 Å². The monoisotopic (exact) mass is 249 g/mol. The molecule has 0 saturated carbocycles. The minimum atomic E-state index is -0.00204. The lowest BCUT2D eigenvalue weighted by molar-refractivity contribution is -0.127. The number of morpholine rings is 1. The Morgan fingerprint density at radius 1 is 1.28 bits per heavy atom. The second kappa shape index (κ2) is 6.49. The molecule has 0 aliphatic carbocycles. The van der Waals surface area contributed by atoms with E-state index in [2.05, 4.69) is 5.43 Å². The Hall–Kier alpha value is -1.43. The van der Waals surface area contributed by atoms with Crippen molar-refractivity contribution in [3.63, 3.8) is 0 Å². The maximum absolute atomic E-state index is 11.9. The molecule has 1 amide bonds. The molecule has 1 aromatic rings. The summed E-state index contributed by atoms with van der Waals surface area (Å²) < 4.78 is 5.23. The Morgan fingerprint density at radius 3 is 2.61 bits per heavy atom. The van der Waals surface area contributed by atoms with Crippen molar-refractivity contribution < 1.29 is 9.53 Å². The number of hydrazine groups is 1. The summed E-state index contributed by atoms with van der Waals surface area (Å²) in [5.41, 5.74) is 10.6. The molecule has 0 radical (unpaired) electrons. The quantitative estimate of drug-likeness (QED) is 0.791. The van der Waals surface area contributed by atoms with E-state index in [-0.39, 0.29) is 5.91 Å². The van der Waals surface area contributed by atoms with Gasteiger partial charge < -0.3 is 10.5 Å². The van der Waals surface area contributed by atoms with E-state index in [0.717, 1.165) is 24.2 Å². The van der Waals surface area contributed by atoms with Crippen LogP contribution in [0, 0.1) is 0 Å². The summed E-state index contributed by atoms with van der Waals surface area (Å²) in [5.74, 6) is -0.00204. The van der Waals surface area contributed by atoms with E-state index >= 15 is 0 Å². The van der Waals surface area contributed by atoms with Gasteiger partial charge in [-0.05, 0) is 11.1 Å². The first-order valence-corrected chi connectivity index (χ1v) is 6.18. The Balaban J connectivity index is 1.90. The van der Waals surface area contributed by atoms with Crippen molar-refractivity contribution in [2.24, 2.45) is 5.73 Å². The lowest BCUT2D eigenvalue weighted by Gasteiger charge is -2.27. The predicted octanol–water partition coefficient (Wildman–Crippen LogP) is 0.0512. The molecule has 2 rings (SSSR count). The molecule has 3 N–H and O–H groups in total. The summed E-state index contributed by atoms with van der Waals surface area (Å²) in [4.78, 5) is 11.9. The summed E-state index contributed by atoms with van der Waals surface area (Å²) in [6.45, 7) is 3.27. The van der Waals surface area contributed by atoms with Crippen molar-refractivity contribution in [2.45, 2.75) is 13.0 Å². The van der Waals surface area contributed by atoms with Gasteiger partial charge >= 0.3 is 0 Å². The molecule has 0 aromatic heterocycles. The van der Waals surface area contributed by atoms with Crippen molar-refractivity contribution in [3.8, 4) is 0 Å². The zero-order valence-corrected chi connectivity index (χ0v) is 10.4. The van der Waals surface area contributed by atoms with Gasteiger partial charge in [0.25, 0.3) is 0 Å². The lowest BCUT2D eigenvalue weighted by Crippen LogP contribution is -2.48. The number of hydrogen-bond acceptors (Lipinski definition) is 4. The van der Waals surface area contributed by atoms with Crippen LogP contribution in [0.2, 0.25) is 0 Å². The number of rotatable bonds is 4. The van der Waals surface area contributed by atoms with Gasteiger partial charge in [-0.1, -0.05) is 24.3 Å². The molecule has 1 saturated heterocycles. The average molecular weight is 249 g/mol. The maximum Gasteiger partial charge on any atom is 0.238 e. The van der Waals surface area contributed by atoms with E-state index in [9.17, 15) is 4.79 Å². The molecule has 0 unspecified atom stereocenters. The standard InChI is InChI=1S/C13H19N3O2/c14-10-12-4-2-1-3-11(12)9-13(17)15-16-5-7-18-8-6-16/h1-4H,5-10,14H2,(H,15,17). The molecule has 1 aromatic carbocycles. The van der Waals surface area contributed by atoms with Gasteiger partial charge in [0.1, 0.15) is 0 Å². The zero-order valence-electron chi connectivity index (χ0n) is 10.4. The minimum absolute atomic E-state index is 0.00204. The Morgan fingerprint density at radius 2 is 1.94 bits per heavy atom. The van der Waals surface area contributed by atoms with Crippen LogP contribution < -0.4 is 11.2 Å². The number of ether oxygens (including phenoxy) is 1. The van der Waals surface area contributed by atoms with Crippen LogP contribution in [0.1, 0.15) is 11.1 Å². The van der Waals surface area contributed by atoms with Crippen molar-refractivity contribution >= 4 is 5.91 Å². The highest BCUT2D eigenvalue weighted by atomic mass is 16.5. The molecule has 1 heterocycles. The van der Waals surface area contributed by atoms with Crippen molar-refractivity contribution in [1.29, 1.82) is 0 Å². The number of nitrogens with zero attached hydrogens (tertiary/aromatic N) is 1. The highest BCUT2D eigenvalue weighted by Crippen LogP contribution is 2.08. The molecule has 1 aliphatic heterocycles. The van der Waals surface area contributed by atoms with Crippen LogP contribution in [0.3, 0.4) is 0 Å². The molecule has 98 valence electrons. The van der Waals surface area contributed by atoms with Gasteiger partial charge in [-0.3, -0.25) is 10.2 Å². The summed E-state index contributed by atoms with van der Waals surface area (Å²) >= 11 is 0. The highest BCUT2D eigenvalue weighted by molar-refractivity contribution is 5.78. The molecule has 0 bridgehead atoms. The minimum Gasteiger partial charge on any atom is -0.379 e. The van der Waals surface area contributed by atoms with E-state index in [1.165, 1.54) is 0 Å². The van der Waals surface area contributed by atoms with E-state index in [4.69, 9.17) is 10.5 Å². The van der Waals surface area contributed by atoms with Crippen LogP contribution in [0.15, 0.2) is 24.3 Å². The summed E-state index contributed by atoms with van der Waals surface area (Å²) in [6.07, 6.45) is 0.366. The van der Waals surface area contributed by atoms with Gasteiger partial charge in [0.05, 0.1) is 19.6 Å². The maximum atomic E-state index is 11.9. The van der Waals surface area contributed by atoms with Gasteiger partial charge in [-0.25, -0.2) is 5.01 Å². The van der Waals surface area contributed by atoms with E-state index in [1.54, 1.807) is 0 Å². The number of carbonyl (C=O) groups is 1. The molecule has 1 aliphatic rings. The third-order valence-electron chi connectivity index (χ3n) is 2.98. The van der Waals surface area contributed by atoms with Crippen molar-refractivity contribution in [2.75, 3.05) is 26.3 Å². The molecule has 0 atom stereocenters. The Bertz CT molecular complexity index is 403. The fraction of sp³-hybridized carbons (Fsp3) is 0.462. The first-order chi connectivity index (χ1) is 8.79. The first-order valence-electron chi connectivity index (χ1n) is 6.18. The topological polar surface area (TPSA) is 67.6 Å². The molecular formula is C13H19N3O2. The smallest absolute Gasteiger partial charge is 0.238 e. The van der Waals surface area contributed by atoms with Crippen LogP contribution in [0.25, 0.3) is 0 Å². The fourth-order valence-electron chi connectivity index (χ4n) is 1.99. The third-order valence-corrected chi connectivity index (χ3v) is 2.98. The molecule has 5 nitrogen and oxygen atoms in total. The van der Waals surface area contributed by atoms with E-state index < -0.39 is 0 Å². The fourth-order valence-corrected chi connectivity index (χ4v) is 1.99. The van der Waals surface area contributed by atoms with E-state index in [0.29, 0.717) is 26.2 Å². The third kappa shape index (κ3) is 3.53. The molecular weight excluding hydrogens is 230 g/mol. The van der Waals surface area contributed by atoms with Crippen LogP contribution >= 0.6 is 0 Å². The second-order valence-corrected chi connectivity index (χ2v) is 4.28. The van der Waals surface area contributed by atoms with Gasteiger partial charge in [-0.15, -0.1) is 0 Å². The molecule has 5 heteroatoms. The number of benzene rings is 1. The summed E-state index contributed by atoms with van der Waals surface area (Å²) in [6, 6.07) is 7.76. The number of carbonyl (C=O) groups excluding carboxylic acids is 1. The van der Waals surface area contributed by atoms with Crippen LogP contribution in [0.4, 0.5) is 0 Å². The van der Waals surface area contributed by atoms with Crippen LogP contribution in [-0.4, -0.2) is 37.2 Å². The normalized spacial score (nSPS) is 16.5. The number of amides is 1. The molecule has 1 fully saturated rings. The Labute approximate surface area is 107 Å². The lowest BCUT2D eigenvalue weighted by atomic mass is 10.0. The number of nitrogens with two attached hydrogens (primary N) is 1. The molecule has 0 spiro atoms.